The van der Waals surface area contributed by atoms with Gasteiger partial charge in [-0.05, 0) is 49.1 Å². The van der Waals surface area contributed by atoms with Gasteiger partial charge in [-0.15, -0.1) is 0 Å². The van der Waals surface area contributed by atoms with Crippen LogP contribution in [-0.4, -0.2) is 57.5 Å². The van der Waals surface area contributed by atoms with Crippen molar-refractivity contribution in [3.63, 3.8) is 0 Å². The van der Waals surface area contributed by atoms with Crippen molar-refractivity contribution in [2.75, 3.05) is 32.2 Å². The molecule has 0 aromatic heterocycles. The quantitative estimate of drug-likeness (QED) is 0.387. The van der Waals surface area contributed by atoms with Gasteiger partial charge in [-0.1, -0.05) is 49.6 Å². The summed E-state index contributed by atoms with van der Waals surface area (Å²) in [5, 5.41) is 8.20. The first-order valence-corrected chi connectivity index (χ1v) is 12.8. The van der Waals surface area contributed by atoms with E-state index in [0.29, 0.717) is 5.56 Å². The minimum atomic E-state index is -1.07. The summed E-state index contributed by atoms with van der Waals surface area (Å²) in [7, 11) is 2.89. The monoisotopic (exact) mass is 528 g/mol. The van der Waals surface area contributed by atoms with Crippen molar-refractivity contribution < 1.29 is 28.2 Å². The summed E-state index contributed by atoms with van der Waals surface area (Å²) in [5.74, 6) is -1.48. The number of aryl methyl sites for hydroxylation is 1. The lowest BCUT2D eigenvalue weighted by molar-refractivity contribution is -0.127. The van der Waals surface area contributed by atoms with Gasteiger partial charge in [0.25, 0.3) is 0 Å². The van der Waals surface area contributed by atoms with E-state index < -0.39 is 36.6 Å². The number of benzene rings is 2. The second-order valence-electron chi connectivity index (χ2n) is 9.31. The van der Waals surface area contributed by atoms with Crippen LogP contribution >= 0.6 is 0 Å². The predicted molar refractivity (Wildman–Crippen MR) is 142 cm³/mol. The van der Waals surface area contributed by atoms with E-state index in [1.165, 1.54) is 37.3 Å². The molecular formula is C28H37FN4O5. The fourth-order valence-electron chi connectivity index (χ4n) is 4.62. The zero-order valence-electron chi connectivity index (χ0n) is 22.2. The average molecular weight is 529 g/mol. The third-order valence-electron chi connectivity index (χ3n) is 6.65. The zero-order chi connectivity index (χ0) is 27.5. The zero-order valence-corrected chi connectivity index (χ0v) is 22.2. The summed E-state index contributed by atoms with van der Waals surface area (Å²) in [5.41, 5.74) is 1.63. The number of methoxy groups -OCH3 is 2. The highest BCUT2D eigenvalue weighted by molar-refractivity contribution is 6.03. The van der Waals surface area contributed by atoms with Crippen LogP contribution in [-0.2, 0) is 19.1 Å². The van der Waals surface area contributed by atoms with Gasteiger partial charge in [-0.2, -0.15) is 0 Å². The number of anilines is 1. The lowest BCUT2D eigenvalue weighted by Crippen LogP contribution is -2.51. The SMILES string of the molecule is COC(CNC(=O)NCC(=O)N(c1cccc(F)c1)C(C(=O)NC1CCCCC1)c1ccccc1C)OC. The lowest BCUT2D eigenvalue weighted by Gasteiger charge is -2.34. The number of rotatable bonds is 11. The molecule has 1 atom stereocenters. The molecule has 0 bridgehead atoms. The number of amides is 4. The van der Waals surface area contributed by atoms with Gasteiger partial charge >= 0.3 is 6.03 Å². The number of carbonyl (C=O) groups is 3. The Balaban J connectivity index is 1.90. The summed E-state index contributed by atoms with van der Waals surface area (Å²) in [4.78, 5) is 41.1. The van der Waals surface area contributed by atoms with E-state index in [0.717, 1.165) is 37.7 Å². The molecule has 2 aromatic rings. The van der Waals surface area contributed by atoms with Gasteiger partial charge in [0, 0.05) is 25.9 Å². The smallest absolute Gasteiger partial charge is 0.315 e. The first kappa shape index (κ1) is 29.1. The fourth-order valence-corrected chi connectivity index (χ4v) is 4.62. The van der Waals surface area contributed by atoms with Crippen molar-refractivity contribution in [2.45, 2.75) is 57.4 Å². The van der Waals surface area contributed by atoms with Crippen LogP contribution in [0.25, 0.3) is 0 Å². The Morgan fingerprint density at radius 3 is 2.37 bits per heavy atom. The first-order chi connectivity index (χ1) is 18.3. The van der Waals surface area contributed by atoms with Crippen LogP contribution in [0, 0.1) is 12.7 Å². The van der Waals surface area contributed by atoms with E-state index in [-0.39, 0.29) is 24.2 Å². The van der Waals surface area contributed by atoms with Crippen molar-refractivity contribution in [2.24, 2.45) is 0 Å². The summed E-state index contributed by atoms with van der Waals surface area (Å²) in [6.07, 6.45) is 4.27. The number of hydrogen-bond donors (Lipinski definition) is 3. The van der Waals surface area contributed by atoms with Crippen molar-refractivity contribution in [1.82, 2.24) is 16.0 Å². The van der Waals surface area contributed by atoms with Crippen molar-refractivity contribution in [3.8, 4) is 0 Å². The van der Waals surface area contributed by atoms with Crippen LogP contribution in [0.5, 0.6) is 0 Å². The highest BCUT2D eigenvalue weighted by Gasteiger charge is 2.35. The molecule has 1 aliphatic carbocycles. The van der Waals surface area contributed by atoms with E-state index in [9.17, 15) is 18.8 Å². The third kappa shape index (κ3) is 8.00. The molecule has 1 unspecified atom stereocenters. The van der Waals surface area contributed by atoms with Crippen LogP contribution in [0.1, 0.15) is 49.3 Å². The van der Waals surface area contributed by atoms with Crippen LogP contribution in [0.3, 0.4) is 0 Å². The number of halogens is 1. The van der Waals surface area contributed by atoms with E-state index >= 15 is 0 Å². The Morgan fingerprint density at radius 2 is 1.71 bits per heavy atom. The highest BCUT2D eigenvalue weighted by Crippen LogP contribution is 2.31. The standard InChI is InChI=1S/C28H37FN4O5/c1-19-10-7-8-15-23(19)26(27(35)32-21-12-5-4-6-13-21)33(22-14-9-11-20(29)16-22)24(34)17-30-28(36)31-18-25(37-2)38-3/h7-11,14-16,21,25-26H,4-6,12-13,17-18H2,1-3H3,(H,32,35)(H2,30,31,36). The molecule has 0 radical (unpaired) electrons. The molecule has 206 valence electrons. The Hall–Kier alpha value is -3.50. The molecule has 0 aliphatic heterocycles. The van der Waals surface area contributed by atoms with Crippen LogP contribution in [0.4, 0.5) is 14.9 Å². The van der Waals surface area contributed by atoms with Crippen LogP contribution in [0.2, 0.25) is 0 Å². The third-order valence-corrected chi connectivity index (χ3v) is 6.65. The maximum atomic E-state index is 14.3. The molecular weight excluding hydrogens is 491 g/mol. The molecule has 3 rings (SSSR count). The van der Waals surface area contributed by atoms with Crippen LogP contribution < -0.4 is 20.9 Å². The molecule has 0 heterocycles. The lowest BCUT2D eigenvalue weighted by atomic mass is 9.93. The van der Waals surface area contributed by atoms with Crippen molar-refractivity contribution in [1.29, 1.82) is 0 Å². The van der Waals surface area contributed by atoms with E-state index in [1.807, 2.05) is 19.1 Å². The Kier molecular flexibility index (Phi) is 11.0. The predicted octanol–water partition coefficient (Wildman–Crippen LogP) is 3.58. The summed E-state index contributed by atoms with van der Waals surface area (Å²) >= 11 is 0. The number of ether oxygens (including phenoxy) is 2. The summed E-state index contributed by atoms with van der Waals surface area (Å²) < 4.78 is 24.4. The molecule has 9 nitrogen and oxygen atoms in total. The van der Waals surface area contributed by atoms with Gasteiger partial charge in [0.2, 0.25) is 11.8 Å². The normalized spacial score (nSPS) is 14.6. The molecule has 2 aromatic carbocycles. The fraction of sp³-hybridized carbons (Fsp3) is 0.464. The van der Waals surface area contributed by atoms with Gasteiger partial charge < -0.3 is 25.4 Å². The number of nitrogens with zero attached hydrogens (tertiary/aromatic N) is 1. The Bertz CT molecular complexity index is 1090. The van der Waals surface area contributed by atoms with Gasteiger partial charge in [0.15, 0.2) is 6.29 Å². The number of nitrogens with one attached hydrogen (secondary N) is 3. The molecule has 4 amide bonds. The Morgan fingerprint density at radius 1 is 1.00 bits per heavy atom. The molecule has 38 heavy (non-hydrogen) atoms. The maximum Gasteiger partial charge on any atom is 0.315 e. The van der Waals surface area contributed by atoms with Crippen LogP contribution in [0.15, 0.2) is 48.5 Å². The number of carbonyl (C=O) groups excluding carboxylic acids is 3. The Labute approximate surface area is 223 Å². The second kappa shape index (κ2) is 14.4. The minimum absolute atomic E-state index is 0.00523. The van der Waals surface area contributed by atoms with Gasteiger partial charge in [-0.25, -0.2) is 9.18 Å². The van der Waals surface area contributed by atoms with E-state index in [1.54, 1.807) is 18.2 Å². The molecule has 0 spiro atoms. The van der Waals surface area contributed by atoms with Gasteiger partial charge in [0.1, 0.15) is 11.9 Å². The maximum absolute atomic E-state index is 14.3. The highest BCUT2D eigenvalue weighted by atomic mass is 19.1. The van der Waals surface area contributed by atoms with E-state index in [2.05, 4.69) is 16.0 Å². The topological polar surface area (TPSA) is 109 Å². The summed E-state index contributed by atoms with van der Waals surface area (Å²) in [6.45, 7) is 1.50. The van der Waals surface area contributed by atoms with Gasteiger partial charge in [-0.3, -0.25) is 14.5 Å². The molecule has 10 heteroatoms. The molecule has 0 saturated heterocycles. The first-order valence-electron chi connectivity index (χ1n) is 12.8. The molecule has 1 aliphatic rings. The molecule has 1 fully saturated rings. The van der Waals surface area contributed by atoms with Gasteiger partial charge in [0.05, 0.1) is 13.1 Å². The molecule has 3 N–H and O–H groups in total. The largest absolute Gasteiger partial charge is 0.354 e. The number of hydrogen-bond acceptors (Lipinski definition) is 5. The van der Waals surface area contributed by atoms with Crippen molar-refractivity contribution >= 4 is 23.5 Å². The summed E-state index contributed by atoms with van der Waals surface area (Å²) in [6, 6.07) is 11.1. The minimum Gasteiger partial charge on any atom is -0.354 e. The van der Waals surface area contributed by atoms with E-state index in [4.69, 9.17) is 9.47 Å². The number of urea groups is 1. The second-order valence-corrected chi connectivity index (χ2v) is 9.31. The van der Waals surface area contributed by atoms with Crippen molar-refractivity contribution in [3.05, 3.63) is 65.5 Å². The molecule has 1 saturated carbocycles. The average Bonchev–Trinajstić information content (AvgIpc) is 2.92.